The summed E-state index contributed by atoms with van der Waals surface area (Å²) in [6.45, 7) is 0. The van der Waals surface area contributed by atoms with Crippen molar-refractivity contribution >= 4 is 51.2 Å². The van der Waals surface area contributed by atoms with Crippen LogP contribution < -0.4 is 14.8 Å². The standard InChI is InChI=1S/C17H16N2O4S3/c1-22-9-4-5-13(23-2)11(6-9)18-17-19-12(8-25-17)10-7-14(15(20)21)26-16(10)24-3/h4-8H,1-3H3,(H,18,19)(H,20,21). The molecule has 0 radical (unpaired) electrons. The van der Waals surface area contributed by atoms with Gasteiger partial charge in [0.2, 0.25) is 0 Å². The van der Waals surface area contributed by atoms with E-state index in [9.17, 15) is 9.90 Å². The smallest absolute Gasteiger partial charge is 0.345 e. The van der Waals surface area contributed by atoms with E-state index in [1.54, 1.807) is 20.3 Å². The zero-order valence-corrected chi connectivity index (χ0v) is 16.7. The molecule has 2 heterocycles. The predicted octanol–water partition coefficient (Wildman–Crippen LogP) is 5.05. The molecule has 0 amide bonds. The van der Waals surface area contributed by atoms with E-state index in [1.165, 1.54) is 34.4 Å². The number of rotatable bonds is 7. The molecule has 3 aromatic rings. The number of nitrogens with zero attached hydrogens (tertiary/aromatic N) is 1. The second kappa shape index (κ2) is 7.98. The third kappa shape index (κ3) is 3.79. The molecule has 2 N–H and O–H groups in total. The molecule has 0 aliphatic heterocycles. The number of carbonyl (C=O) groups is 1. The molecule has 0 aliphatic carbocycles. The number of ether oxygens (including phenoxy) is 2. The normalized spacial score (nSPS) is 10.6. The molecule has 0 saturated heterocycles. The molecule has 2 aromatic heterocycles. The predicted molar refractivity (Wildman–Crippen MR) is 107 cm³/mol. The Morgan fingerprint density at radius 1 is 1.27 bits per heavy atom. The molecule has 0 spiro atoms. The fourth-order valence-corrected chi connectivity index (χ4v) is 4.74. The quantitative estimate of drug-likeness (QED) is 0.529. The Labute approximate surface area is 162 Å². The minimum Gasteiger partial charge on any atom is -0.497 e. The van der Waals surface area contributed by atoms with Crippen molar-refractivity contribution in [2.75, 3.05) is 25.8 Å². The zero-order chi connectivity index (χ0) is 18.7. The number of hydrogen-bond acceptors (Lipinski definition) is 8. The zero-order valence-electron chi connectivity index (χ0n) is 14.2. The Morgan fingerprint density at radius 3 is 2.73 bits per heavy atom. The van der Waals surface area contributed by atoms with Gasteiger partial charge in [0.05, 0.1) is 29.8 Å². The lowest BCUT2D eigenvalue weighted by atomic mass is 10.2. The molecule has 0 atom stereocenters. The van der Waals surface area contributed by atoms with Gasteiger partial charge in [-0.1, -0.05) is 0 Å². The molecule has 9 heteroatoms. The van der Waals surface area contributed by atoms with Crippen molar-refractivity contribution in [1.82, 2.24) is 4.98 Å². The number of anilines is 2. The first-order chi connectivity index (χ1) is 12.5. The Hall–Kier alpha value is -2.23. The first kappa shape index (κ1) is 18.6. The molecule has 0 bridgehead atoms. The van der Waals surface area contributed by atoms with Crippen molar-refractivity contribution in [2.45, 2.75) is 4.21 Å². The van der Waals surface area contributed by atoms with Gasteiger partial charge in [-0.25, -0.2) is 9.78 Å². The van der Waals surface area contributed by atoms with Crippen LogP contribution in [-0.2, 0) is 0 Å². The van der Waals surface area contributed by atoms with Crippen LogP contribution in [0.2, 0.25) is 0 Å². The number of carboxylic acid groups (broad SMARTS) is 1. The number of hydrogen-bond donors (Lipinski definition) is 2. The van der Waals surface area contributed by atoms with Crippen LogP contribution in [0.25, 0.3) is 11.3 Å². The van der Waals surface area contributed by atoms with Gasteiger partial charge in [0.15, 0.2) is 5.13 Å². The Kier molecular flexibility index (Phi) is 5.70. The number of thioether (sulfide) groups is 1. The maximum atomic E-state index is 11.2. The molecule has 26 heavy (non-hydrogen) atoms. The number of thiazole rings is 1. The molecule has 136 valence electrons. The number of benzene rings is 1. The Morgan fingerprint density at radius 2 is 2.08 bits per heavy atom. The van der Waals surface area contributed by atoms with Crippen LogP contribution in [-0.4, -0.2) is 36.5 Å². The molecular formula is C17H16N2O4S3. The summed E-state index contributed by atoms with van der Waals surface area (Å²) < 4.78 is 11.5. The highest BCUT2D eigenvalue weighted by Gasteiger charge is 2.17. The molecule has 1 aromatic carbocycles. The molecule has 0 fully saturated rings. The fourth-order valence-electron chi connectivity index (χ4n) is 2.29. The summed E-state index contributed by atoms with van der Waals surface area (Å²) in [6.07, 6.45) is 1.92. The largest absolute Gasteiger partial charge is 0.497 e. The molecule has 0 unspecified atom stereocenters. The van der Waals surface area contributed by atoms with Crippen LogP contribution in [0.5, 0.6) is 11.5 Å². The van der Waals surface area contributed by atoms with Crippen molar-refractivity contribution in [3.05, 3.63) is 34.5 Å². The lowest BCUT2D eigenvalue weighted by Gasteiger charge is -2.10. The minimum absolute atomic E-state index is 0.307. The van der Waals surface area contributed by atoms with Crippen molar-refractivity contribution in [1.29, 1.82) is 0 Å². The first-order valence-electron chi connectivity index (χ1n) is 7.41. The van der Waals surface area contributed by atoms with Gasteiger partial charge in [-0.3, -0.25) is 0 Å². The third-order valence-electron chi connectivity index (χ3n) is 3.52. The van der Waals surface area contributed by atoms with E-state index in [1.807, 2.05) is 29.8 Å². The number of thiophene rings is 1. The lowest BCUT2D eigenvalue weighted by molar-refractivity contribution is 0.0702. The summed E-state index contributed by atoms with van der Waals surface area (Å²) in [7, 11) is 3.21. The molecule has 0 aliphatic rings. The Bertz CT molecular complexity index is 936. The van der Waals surface area contributed by atoms with Crippen LogP contribution in [0, 0.1) is 0 Å². The van der Waals surface area contributed by atoms with Crippen molar-refractivity contribution in [3.8, 4) is 22.8 Å². The van der Waals surface area contributed by atoms with Crippen LogP contribution in [0.4, 0.5) is 10.8 Å². The monoisotopic (exact) mass is 408 g/mol. The topological polar surface area (TPSA) is 80.7 Å². The van der Waals surface area contributed by atoms with Gasteiger partial charge in [-0.15, -0.1) is 34.4 Å². The van der Waals surface area contributed by atoms with Gasteiger partial charge in [0.25, 0.3) is 0 Å². The van der Waals surface area contributed by atoms with Crippen molar-refractivity contribution < 1.29 is 19.4 Å². The van der Waals surface area contributed by atoms with Gasteiger partial charge in [0.1, 0.15) is 16.4 Å². The average molecular weight is 409 g/mol. The van der Waals surface area contributed by atoms with E-state index < -0.39 is 5.97 Å². The number of methoxy groups -OCH3 is 2. The molecule has 6 nitrogen and oxygen atoms in total. The SMILES string of the molecule is COc1ccc(OC)c(Nc2nc(-c3cc(C(=O)O)sc3SC)cs2)c1. The van der Waals surface area contributed by atoms with E-state index in [0.717, 1.165) is 21.2 Å². The Balaban J connectivity index is 1.91. The first-order valence-corrected chi connectivity index (χ1v) is 10.3. The average Bonchev–Trinajstić information content (AvgIpc) is 3.28. The molecule has 0 saturated carbocycles. The van der Waals surface area contributed by atoms with E-state index in [-0.39, 0.29) is 0 Å². The maximum Gasteiger partial charge on any atom is 0.345 e. The lowest BCUT2D eigenvalue weighted by Crippen LogP contribution is -1.95. The summed E-state index contributed by atoms with van der Waals surface area (Å²) in [5, 5.41) is 15.0. The summed E-state index contributed by atoms with van der Waals surface area (Å²) in [4.78, 5) is 16.1. The maximum absolute atomic E-state index is 11.2. The minimum atomic E-state index is -0.925. The van der Waals surface area contributed by atoms with Crippen LogP contribution in [0.15, 0.2) is 33.9 Å². The summed E-state index contributed by atoms with van der Waals surface area (Å²) >= 11 is 4.21. The van der Waals surface area contributed by atoms with Gasteiger partial charge >= 0.3 is 5.97 Å². The van der Waals surface area contributed by atoms with Gasteiger partial charge in [-0.2, -0.15) is 0 Å². The highest BCUT2D eigenvalue weighted by atomic mass is 32.2. The summed E-state index contributed by atoms with van der Waals surface area (Å²) in [5.41, 5.74) is 2.32. The van der Waals surface area contributed by atoms with Crippen LogP contribution in [0.1, 0.15) is 9.67 Å². The fraction of sp³-hybridized carbons (Fsp3) is 0.176. The van der Waals surface area contributed by atoms with Gasteiger partial charge in [-0.05, 0) is 24.5 Å². The van der Waals surface area contributed by atoms with Crippen LogP contribution in [0.3, 0.4) is 0 Å². The summed E-state index contributed by atoms with van der Waals surface area (Å²) in [6, 6.07) is 7.14. The number of carboxylic acids is 1. The summed E-state index contributed by atoms with van der Waals surface area (Å²) in [5.74, 6) is 0.459. The number of aromatic nitrogens is 1. The second-order valence-electron chi connectivity index (χ2n) is 5.05. The molecular weight excluding hydrogens is 392 g/mol. The molecule has 3 rings (SSSR count). The third-order valence-corrected chi connectivity index (χ3v) is 6.54. The second-order valence-corrected chi connectivity index (χ2v) is 8.04. The van der Waals surface area contributed by atoms with Crippen molar-refractivity contribution in [2.24, 2.45) is 0 Å². The van der Waals surface area contributed by atoms with Gasteiger partial charge in [0, 0.05) is 17.0 Å². The number of nitrogens with one attached hydrogen (secondary N) is 1. The van der Waals surface area contributed by atoms with Crippen molar-refractivity contribution in [3.63, 3.8) is 0 Å². The van der Waals surface area contributed by atoms with E-state index in [4.69, 9.17) is 9.47 Å². The van der Waals surface area contributed by atoms with E-state index in [2.05, 4.69) is 10.3 Å². The van der Waals surface area contributed by atoms with E-state index in [0.29, 0.717) is 21.5 Å². The number of aromatic carboxylic acids is 1. The highest BCUT2D eigenvalue weighted by Crippen LogP contribution is 2.40. The van der Waals surface area contributed by atoms with Crippen LogP contribution >= 0.6 is 34.4 Å². The highest BCUT2D eigenvalue weighted by molar-refractivity contribution is 8.00. The van der Waals surface area contributed by atoms with E-state index >= 15 is 0 Å². The van der Waals surface area contributed by atoms with Gasteiger partial charge < -0.3 is 19.9 Å².